The van der Waals surface area contributed by atoms with Crippen molar-refractivity contribution < 1.29 is 9.90 Å². The monoisotopic (exact) mass is 160 g/mol. The average molecular weight is 160 g/mol. The average Bonchev–Trinajstić information content (AvgIpc) is 2.07. The van der Waals surface area contributed by atoms with Gasteiger partial charge in [0.15, 0.2) is 5.78 Å². The number of phenolic OH excluding ortho intramolecular Hbond substituents is 1. The highest BCUT2D eigenvalue weighted by Gasteiger charge is 2.14. The predicted molar refractivity (Wildman–Crippen MR) is 45.3 cm³/mol. The number of fused-ring (bicyclic) bond motifs is 1. The molecule has 0 radical (unpaired) electrons. The smallest absolute Gasteiger partial charge is 0.185 e. The fourth-order valence-corrected chi connectivity index (χ4v) is 1.39. The Kier molecular flexibility index (Phi) is 1.47. The van der Waals surface area contributed by atoms with Crippen molar-refractivity contribution in [3.05, 3.63) is 41.5 Å². The minimum absolute atomic E-state index is 0.0212. The molecule has 0 amide bonds. The number of carbonyl (C=O) groups excluding carboxylic acids is 1. The van der Waals surface area contributed by atoms with Crippen molar-refractivity contribution in [3.63, 3.8) is 0 Å². The summed E-state index contributed by atoms with van der Waals surface area (Å²) in [5.41, 5.74) is 1.36. The molecule has 2 heteroatoms. The van der Waals surface area contributed by atoms with Crippen LogP contribution >= 0.6 is 0 Å². The molecule has 60 valence electrons. The number of phenols is 1. The van der Waals surface area contributed by atoms with E-state index < -0.39 is 0 Å². The summed E-state index contributed by atoms with van der Waals surface area (Å²) in [5.74, 6) is 0.192. The van der Waals surface area contributed by atoms with Crippen LogP contribution in [0.2, 0.25) is 0 Å². The molecular weight excluding hydrogens is 152 g/mol. The van der Waals surface area contributed by atoms with E-state index in [-0.39, 0.29) is 11.5 Å². The van der Waals surface area contributed by atoms with Crippen molar-refractivity contribution in [2.75, 3.05) is 0 Å². The van der Waals surface area contributed by atoms with Crippen molar-refractivity contribution >= 4 is 5.78 Å². The van der Waals surface area contributed by atoms with Crippen molar-refractivity contribution in [2.24, 2.45) is 0 Å². The fourth-order valence-electron chi connectivity index (χ4n) is 1.39. The summed E-state index contributed by atoms with van der Waals surface area (Å²) in [4.78, 5) is 11.2. The number of hydrogen-bond donors (Lipinski definition) is 1. The largest absolute Gasteiger partial charge is 0.508 e. The van der Waals surface area contributed by atoms with E-state index in [1.807, 2.05) is 0 Å². The molecule has 1 aromatic rings. The third kappa shape index (κ3) is 0.925. The highest BCUT2D eigenvalue weighted by atomic mass is 16.3. The minimum Gasteiger partial charge on any atom is -0.508 e. The maximum Gasteiger partial charge on any atom is 0.185 e. The van der Waals surface area contributed by atoms with E-state index >= 15 is 0 Å². The van der Waals surface area contributed by atoms with Gasteiger partial charge in [-0.3, -0.25) is 4.79 Å². The Morgan fingerprint density at radius 1 is 1.33 bits per heavy atom. The van der Waals surface area contributed by atoms with Gasteiger partial charge in [0.2, 0.25) is 0 Å². The first-order chi connectivity index (χ1) is 5.79. The molecule has 1 N–H and O–H groups in total. The molecule has 0 aliphatic heterocycles. The van der Waals surface area contributed by atoms with E-state index in [1.165, 1.54) is 0 Å². The van der Waals surface area contributed by atoms with Crippen LogP contribution in [0.3, 0.4) is 0 Å². The second-order valence-corrected chi connectivity index (χ2v) is 2.77. The van der Waals surface area contributed by atoms with Gasteiger partial charge in [-0.05, 0) is 18.6 Å². The van der Waals surface area contributed by atoms with E-state index in [4.69, 9.17) is 0 Å². The number of benzene rings is 1. The SMILES string of the molecule is O=C1C=CCc2c(O)cccc21. The van der Waals surface area contributed by atoms with Gasteiger partial charge in [-0.25, -0.2) is 0 Å². The highest BCUT2D eigenvalue weighted by molar-refractivity contribution is 6.07. The second-order valence-electron chi connectivity index (χ2n) is 2.77. The van der Waals surface area contributed by atoms with E-state index in [1.54, 1.807) is 30.4 Å². The summed E-state index contributed by atoms with van der Waals surface area (Å²) in [7, 11) is 0. The summed E-state index contributed by atoms with van der Waals surface area (Å²) < 4.78 is 0. The van der Waals surface area contributed by atoms with Crippen molar-refractivity contribution in [3.8, 4) is 5.75 Å². The molecule has 0 heterocycles. The standard InChI is InChI=1S/C10H8O2/c11-9-5-1-3-7-8(9)4-2-6-10(7)12/h1-3,5-6,11H,4H2. The quantitative estimate of drug-likeness (QED) is 0.627. The molecule has 0 fully saturated rings. The molecule has 1 aliphatic rings. The zero-order chi connectivity index (χ0) is 8.55. The number of carbonyl (C=O) groups is 1. The normalized spacial score (nSPS) is 14.5. The number of allylic oxidation sites excluding steroid dienone is 2. The number of rotatable bonds is 0. The van der Waals surface area contributed by atoms with Crippen LogP contribution in [-0.2, 0) is 6.42 Å². The Hall–Kier alpha value is -1.57. The molecule has 0 saturated heterocycles. The Labute approximate surface area is 70.2 Å². The molecule has 12 heavy (non-hydrogen) atoms. The van der Waals surface area contributed by atoms with Gasteiger partial charge < -0.3 is 5.11 Å². The van der Waals surface area contributed by atoms with Crippen LogP contribution in [0, 0.1) is 0 Å². The first-order valence-corrected chi connectivity index (χ1v) is 3.81. The summed E-state index contributed by atoms with van der Waals surface area (Å²) >= 11 is 0. The van der Waals surface area contributed by atoms with Gasteiger partial charge in [-0.2, -0.15) is 0 Å². The third-order valence-corrected chi connectivity index (χ3v) is 2.01. The van der Waals surface area contributed by atoms with Crippen LogP contribution in [0.4, 0.5) is 0 Å². The molecular formula is C10H8O2. The lowest BCUT2D eigenvalue weighted by atomic mass is 9.95. The molecule has 1 aromatic carbocycles. The molecule has 1 aliphatic carbocycles. The van der Waals surface area contributed by atoms with Gasteiger partial charge in [-0.15, -0.1) is 0 Å². The van der Waals surface area contributed by atoms with Crippen LogP contribution in [-0.4, -0.2) is 10.9 Å². The molecule has 0 unspecified atom stereocenters. The highest BCUT2D eigenvalue weighted by Crippen LogP contribution is 2.25. The molecule has 2 rings (SSSR count). The third-order valence-electron chi connectivity index (χ3n) is 2.01. The molecule has 0 spiro atoms. The maximum atomic E-state index is 11.2. The number of aromatic hydroxyl groups is 1. The van der Waals surface area contributed by atoms with Crippen LogP contribution in [0.1, 0.15) is 15.9 Å². The van der Waals surface area contributed by atoms with Crippen LogP contribution in [0.5, 0.6) is 5.75 Å². The molecule has 0 atom stereocenters. The van der Waals surface area contributed by atoms with Gasteiger partial charge in [0.05, 0.1) is 0 Å². The van der Waals surface area contributed by atoms with Crippen LogP contribution in [0.15, 0.2) is 30.4 Å². The lowest BCUT2D eigenvalue weighted by Crippen LogP contribution is -2.04. The van der Waals surface area contributed by atoms with Gasteiger partial charge >= 0.3 is 0 Å². The van der Waals surface area contributed by atoms with E-state index in [9.17, 15) is 9.90 Å². The molecule has 2 nitrogen and oxygen atoms in total. The van der Waals surface area contributed by atoms with Crippen LogP contribution in [0.25, 0.3) is 0 Å². The van der Waals surface area contributed by atoms with Crippen molar-refractivity contribution in [2.45, 2.75) is 6.42 Å². The Morgan fingerprint density at radius 3 is 2.92 bits per heavy atom. The molecule has 0 aromatic heterocycles. The number of hydrogen-bond acceptors (Lipinski definition) is 2. The van der Waals surface area contributed by atoms with E-state index in [0.29, 0.717) is 12.0 Å². The Morgan fingerprint density at radius 2 is 2.17 bits per heavy atom. The predicted octanol–water partition coefficient (Wildman–Crippen LogP) is 1.69. The number of ketones is 1. The van der Waals surface area contributed by atoms with E-state index in [2.05, 4.69) is 0 Å². The van der Waals surface area contributed by atoms with Crippen molar-refractivity contribution in [1.82, 2.24) is 0 Å². The van der Waals surface area contributed by atoms with E-state index in [0.717, 1.165) is 5.56 Å². The fraction of sp³-hybridized carbons (Fsp3) is 0.100. The summed E-state index contributed by atoms with van der Waals surface area (Å²) in [6, 6.07) is 5.03. The Bertz CT molecular complexity index is 364. The lowest BCUT2D eigenvalue weighted by Gasteiger charge is -2.10. The van der Waals surface area contributed by atoms with Crippen LogP contribution < -0.4 is 0 Å². The molecule has 0 saturated carbocycles. The zero-order valence-electron chi connectivity index (χ0n) is 6.45. The van der Waals surface area contributed by atoms with Gasteiger partial charge in [0.1, 0.15) is 5.75 Å². The molecule has 0 bridgehead atoms. The summed E-state index contributed by atoms with van der Waals surface area (Å²) in [5, 5.41) is 9.39. The topological polar surface area (TPSA) is 37.3 Å². The Balaban J connectivity index is 2.65. The second kappa shape index (κ2) is 2.48. The summed E-state index contributed by atoms with van der Waals surface area (Å²) in [6.45, 7) is 0. The van der Waals surface area contributed by atoms with Gasteiger partial charge in [0, 0.05) is 11.1 Å². The van der Waals surface area contributed by atoms with Gasteiger partial charge in [-0.1, -0.05) is 18.2 Å². The summed E-state index contributed by atoms with van der Waals surface area (Å²) in [6.07, 6.45) is 3.96. The first-order valence-electron chi connectivity index (χ1n) is 3.81. The zero-order valence-corrected chi connectivity index (χ0v) is 6.45. The maximum absolute atomic E-state index is 11.2. The lowest BCUT2D eigenvalue weighted by molar-refractivity contribution is 0.104. The minimum atomic E-state index is -0.0212. The van der Waals surface area contributed by atoms with Crippen molar-refractivity contribution in [1.29, 1.82) is 0 Å². The van der Waals surface area contributed by atoms with Gasteiger partial charge in [0.25, 0.3) is 0 Å². The first kappa shape index (κ1) is 7.10.